The molecule has 0 amide bonds. The van der Waals surface area contributed by atoms with Gasteiger partial charge < -0.3 is 5.32 Å². The van der Waals surface area contributed by atoms with Crippen LogP contribution in [0.15, 0.2) is 47.5 Å². The van der Waals surface area contributed by atoms with Crippen LogP contribution >= 0.6 is 11.8 Å². The Morgan fingerprint density at radius 1 is 1.08 bits per heavy atom. The third-order valence-corrected chi connectivity index (χ3v) is 6.16. The summed E-state index contributed by atoms with van der Waals surface area (Å²) >= 11 is 1.98. The Balaban J connectivity index is 1.67. The van der Waals surface area contributed by atoms with E-state index in [-0.39, 0.29) is 12.0 Å². The SMILES string of the molecule is Fc1ccc(CN=C2Nc3ccccc3CC23CCSCC3)c(F)c1. The van der Waals surface area contributed by atoms with Gasteiger partial charge in [-0.05, 0) is 48.5 Å². The van der Waals surface area contributed by atoms with E-state index >= 15 is 0 Å². The lowest BCUT2D eigenvalue weighted by Gasteiger charge is -2.42. The fraction of sp³-hybridized carbons (Fsp3) is 0.350. The topological polar surface area (TPSA) is 24.4 Å². The number of benzene rings is 2. The lowest BCUT2D eigenvalue weighted by Crippen LogP contribution is -2.44. The summed E-state index contributed by atoms with van der Waals surface area (Å²) in [6.07, 6.45) is 3.12. The maximum absolute atomic E-state index is 13.9. The number of para-hydroxylation sites is 1. The van der Waals surface area contributed by atoms with E-state index < -0.39 is 11.6 Å². The molecule has 25 heavy (non-hydrogen) atoms. The van der Waals surface area contributed by atoms with E-state index in [1.807, 2.05) is 17.8 Å². The van der Waals surface area contributed by atoms with Crippen LogP contribution in [-0.2, 0) is 13.0 Å². The van der Waals surface area contributed by atoms with Gasteiger partial charge in [-0.15, -0.1) is 0 Å². The summed E-state index contributed by atoms with van der Waals surface area (Å²) < 4.78 is 27.0. The van der Waals surface area contributed by atoms with Crippen LogP contribution in [0.4, 0.5) is 14.5 Å². The van der Waals surface area contributed by atoms with Crippen molar-refractivity contribution in [3.63, 3.8) is 0 Å². The minimum Gasteiger partial charge on any atom is -0.343 e. The molecule has 0 atom stereocenters. The molecule has 0 aliphatic carbocycles. The van der Waals surface area contributed by atoms with E-state index in [1.165, 1.54) is 17.7 Å². The number of amidine groups is 1. The monoisotopic (exact) mass is 358 g/mol. The third kappa shape index (κ3) is 3.30. The van der Waals surface area contributed by atoms with Crippen LogP contribution in [0.2, 0.25) is 0 Å². The molecule has 2 aliphatic rings. The zero-order chi connectivity index (χ0) is 17.3. The second-order valence-corrected chi connectivity index (χ2v) is 7.98. The maximum Gasteiger partial charge on any atom is 0.131 e. The lowest BCUT2D eigenvalue weighted by atomic mass is 9.73. The summed E-state index contributed by atoms with van der Waals surface area (Å²) in [4.78, 5) is 4.75. The molecule has 2 heterocycles. The summed E-state index contributed by atoms with van der Waals surface area (Å²) in [6, 6.07) is 12.0. The first-order chi connectivity index (χ1) is 12.2. The Kier molecular flexibility index (Phi) is 4.50. The van der Waals surface area contributed by atoms with Crippen molar-refractivity contribution in [1.29, 1.82) is 0 Å². The van der Waals surface area contributed by atoms with Gasteiger partial charge in [-0.2, -0.15) is 11.8 Å². The van der Waals surface area contributed by atoms with Gasteiger partial charge in [-0.3, -0.25) is 4.99 Å². The molecule has 2 aromatic carbocycles. The van der Waals surface area contributed by atoms with E-state index in [4.69, 9.17) is 4.99 Å². The number of thioether (sulfide) groups is 1. The minimum atomic E-state index is -0.556. The smallest absolute Gasteiger partial charge is 0.131 e. The molecule has 1 saturated heterocycles. The molecule has 0 bridgehead atoms. The highest BCUT2D eigenvalue weighted by atomic mass is 32.2. The standard InChI is InChI=1S/C20H20F2N2S/c21-16-6-5-15(17(22)11-16)13-23-19-20(7-9-25-10-8-20)12-14-3-1-2-4-18(14)24-19/h1-6,11H,7-10,12-13H2,(H,23,24). The second-order valence-electron chi connectivity index (χ2n) is 6.75. The molecule has 4 rings (SSSR count). The summed E-state index contributed by atoms with van der Waals surface area (Å²) in [6.45, 7) is 0.228. The van der Waals surface area contributed by atoms with Crippen LogP contribution in [0.3, 0.4) is 0 Å². The van der Waals surface area contributed by atoms with Gasteiger partial charge in [0.2, 0.25) is 0 Å². The summed E-state index contributed by atoms with van der Waals surface area (Å²) in [5, 5.41) is 3.50. The number of rotatable bonds is 2. The van der Waals surface area contributed by atoms with Gasteiger partial charge in [0.1, 0.15) is 17.5 Å². The molecule has 2 aliphatic heterocycles. The van der Waals surface area contributed by atoms with E-state index in [0.29, 0.717) is 5.56 Å². The number of anilines is 1. The van der Waals surface area contributed by atoms with Crippen LogP contribution in [0.25, 0.3) is 0 Å². The number of hydrogen-bond acceptors (Lipinski definition) is 2. The summed E-state index contributed by atoms with van der Waals surface area (Å²) in [5.74, 6) is 2.10. The van der Waals surface area contributed by atoms with E-state index in [0.717, 1.165) is 48.4 Å². The molecule has 130 valence electrons. The van der Waals surface area contributed by atoms with Gasteiger partial charge >= 0.3 is 0 Å². The van der Waals surface area contributed by atoms with Crippen molar-refractivity contribution in [2.24, 2.45) is 10.4 Å². The van der Waals surface area contributed by atoms with Crippen LogP contribution in [0, 0.1) is 17.0 Å². The number of fused-ring (bicyclic) bond motifs is 1. The molecule has 2 nitrogen and oxygen atoms in total. The van der Waals surface area contributed by atoms with Crippen LogP contribution in [-0.4, -0.2) is 17.3 Å². The Labute approximate surface area is 150 Å². The van der Waals surface area contributed by atoms with Crippen molar-refractivity contribution in [3.05, 3.63) is 65.2 Å². The zero-order valence-electron chi connectivity index (χ0n) is 13.9. The Morgan fingerprint density at radius 2 is 1.88 bits per heavy atom. The molecule has 1 spiro atoms. The molecule has 2 aromatic rings. The predicted octanol–water partition coefficient (Wildman–Crippen LogP) is 5.04. The van der Waals surface area contributed by atoms with Crippen molar-refractivity contribution >= 4 is 23.3 Å². The second kappa shape index (κ2) is 6.79. The fourth-order valence-electron chi connectivity index (χ4n) is 3.70. The zero-order valence-corrected chi connectivity index (χ0v) is 14.7. The number of nitrogens with one attached hydrogen (secondary N) is 1. The van der Waals surface area contributed by atoms with Gasteiger partial charge in [0.25, 0.3) is 0 Å². The quantitative estimate of drug-likeness (QED) is 0.813. The summed E-state index contributed by atoms with van der Waals surface area (Å²) in [7, 11) is 0. The molecular weight excluding hydrogens is 338 g/mol. The van der Waals surface area contributed by atoms with Crippen molar-refractivity contribution in [3.8, 4) is 0 Å². The molecule has 1 N–H and O–H groups in total. The Bertz CT molecular complexity index is 813. The van der Waals surface area contributed by atoms with E-state index in [9.17, 15) is 8.78 Å². The van der Waals surface area contributed by atoms with Crippen LogP contribution in [0.1, 0.15) is 24.0 Å². The first kappa shape index (κ1) is 16.6. The van der Waals surface area contributed by atoms with Gasteiger partial charge in [0, 0.05) is 22.7 Å². The lowest BCUT2D eigenvalue weighted by molar-refractivity contribution is 0.377. The number of halogens is 2. The van der Waals surface area contributed by atoms with Crippen molar-refractivity contribution in [1.82, 2.24) is 0 Å². The number of aliphatic imine (C=N–C) groups is 1. The predicted molar refractivity (Wildman–Crippen MR) is 100 cm³/mol. The molecule has 0 unspecified atom stereocenters. The normalized spacial score (nSPS) is 20.3. The largest absolute Gasteiger partial charge is 0.343 e. The maximum atomic E-state index is 13.9. The van der Waals surface area contributed by atoms with Crippen LogP contribution in [0.5, 0.6) is 0 Å². The number of hydrogen-bond donors (Lipinski definition) is 1. The Hall–Kier alpha value is -1.88. The molecule has 0 saturated carbocycles. The van der Waals surface area contributed by atoms with Gasteiger partial charge in [-0.1, -0.05) is 24.3 Å². The third-order valence-electron chi connectivity index (χ3n) is 5.17. The molecular formula is C20H20F2N2S. The highest BCUT2D eigenvalue weighted by molar-refractivity contribution is 7.99. The molecule has 1 fully saturated rings. The highest BCUT2D eigenvalue weighted by Crippen LogP contribution is 2.44. The van der Waals surface area contributed by atoms with Crippen molar-refractivity contribution in [2.75, 3.05) is 16.8 Å². The average molecular weight is 358 g/mol. The highest BCUT2D eigenvalue weighted by Gasteiger charge is 2.41. The van der Waals surface area contributed by atoms with E-state index in [2.05, 4.69) is 23.5 Å². The van der Waals surface area contributed by atoms with Crippen molar-refractivity contribution in [2.45, 2.75) is 25.8 Å². The first-order valence-corrected chi connectivity index (χ1v) is 9.73. The Morgan fingerprint density at radius 3 is 2.68 bits per heavy atom. The van der Waals surface area contributed by atoms with Gasteiger partial charge in [0.15, 0.2) is 0 Å². The first-order valence-electron chi connectivity index (χ1n) is 8.58. The summed E-state index contributed by atoms with van der Waals surface area (Å²) in [5.41, 5.74) is 2.84. The van der Waals surface area contributed by atoms with Gasteiger partial charge in [0.05, 0.1) is 6.54 Å². The van der Waals surface area contributed by atoms with E-state index in [1.54, 1.807) is 0 Å². The van der Waals surface area contributed by atoms with Crippen molar-refractivity contribution < 1.29 is 8.78 Å². The molecule has 5 heteroatoms. The fourth-order valence-corrected chi connectivity index (χ4v) is 4.98. The van der Waals surface area contributed by atoms with Gasteiger partial charge in [-0.25, -0.2) is 8.78 Å². The average Bonchev–Trinajstić information content (AvgIpc) is 2.62. The number of nitrogens with zero attached hydrogens (tertiary/aromatic N) is 1. The minimum absolute atomic E-state index is 0.0100. The molecule has 0 aromatic heterocycles. The molecule has 0 radical (unpaired) electrons. The van der Waals surface area contributed by atoms with Crippen LogP contribution < -0.4 is 5.32 Å².